The van der Waals surface area contributed by atoms with Crippen LogP contribution in [0.2, 0.25) is 0 Å². The van der Waals surface area contributed by atoms with Crippen LogP contribution >= 0.6 is 45.2 Å². The molecule has 77 heavy (non-hydrogen) atoms. The van der Waals surface area contributed by atoms with Crippen LogP contribution in [0.3, 0.4) is 0 Å². The molecule has 5 aromatic carbocycles. The molecule has 2 aromatic heterocycles. The minimum atomic E-state index is -0.841. The molecule has 17 nitrogen and oxygen atoms in total. The number of primary amides is 1. The average Bonchev–Trinajstić information content (AvgIpc) is 4.16. The molecule has 2 fully saturated rings. The van der Waals surface area contributed by atoms with Crippen molar-refractivity contribution in [2.24, 2.45) is 19.8 Å². The largest absolute Gasteiger partial charge is 0.497 e. The van der Waals surface area contributed by atoms with Crippen molar-refractivity contribution in [2.45, 2.75) is 45.4 Å². The smallest absolute Gasteiger partial charge is 0.259 e. The van der Waals surface area contributed by atoms with Gasteiger partial charge < -0.3 is 54.8 Å². The number of carbonyl (C=O) groups is 2. The Morgan fingerprint density at radius 3 is 1.53 bits per heavy atom. The third kappa shape index (κ3) is 13.7. The fourth-order valence-electron chi connectivity index (χ4n) is 8.19. The Morgan fingerprint density at radius 1 is 0.649 bits per heavy atom. The molecule has 2 saturated heterocycles. The van der Waals surface area contributed by atoms with Gasteiger partial charge in [0.1, 0.15) is 86.9 Å². The van der Waals surface area contributed by atoms with Gasteiger partial charge in [0.25, 0.3) is 22.9 Å². The van der Waals surface area contributed by atoms with Gasteiger partial charge in [0, 0.05) is 63.9 Å². The summed E-state index contributed by atoms with van der Waals surface area (Å²) in [5.41, 5.74) is 7.08. The number of pyridine rings is 2. The van der Waals surface area contributed by atoms with Crippen molar-refractivity contribution in [2.75, 3.05) is 44.2 Å². The minimum absolute atomic E-state index is 0.00759. The number of halogens is 4. The fraction of sp³-hybridized carbons (Fsp3) is 0.250. The van der Waals surface area contributed by atoms with Gasteiger partial charge >= 0.3 is 0 Å². The number of nitrogens with two attached hydrogens (primary N) is 1. The standard InChI is InChI=1S/C32H31FIN3O6.C24H23FIN3O5/c1-19-26(42-23-13-14-41-18-23)5-4-6-27(19)43-28-16-29(38)37(2)31(36-25-12-9-21(34)15-24(25)33)30(28)32(39)35-17-20-7-10-22(40-3)11-8-20;1-13-18(33-15-8-9-32-12-15)4-3-5-19(13)34-20-11-21(30)29(2)24(22(20)23(27)31)28-17-7-6-14(26)10-16(17)25/h4-12,15-16,23,36H,13-14,17-18H2,1-3H3,(H,35,39);3-7,10-11,15,28H,8-9,12H2,1-2H3,(H2,27,31)/t23-;15-/m11/s1. The second-order valence-electron chi connectivity index (χ2n) is 17.8. The fourth-order valence-corrected chi connectivity index (χ4v) is 9.09. The lowest BCUT2D eigenvalue weighted by molar-refractivity contribution is 0.0947. The highest BCUT2D eigenvalue weighted by Crippen LogP contribution is 2.38. The number of ether oxygens (including phenoxy) is 7. The van der Waals surface area contributed by atoms with E-state index in [0.717, 1.165) is 18.4 Å². The second kappa shape index (κ2) is 25.3. The van der Waals surface area contributed by atoms with Gasteiger partial charge in [-0.05, 0) is 137 Å². The Hall–Kier alpha value is -7.22. The first-order valence-electron chi connectivity index (χ1n) is 24.1. The zero-order valence-electron chi connectivity index (χ0n) is 42.5. The van der Waals surface area contributed by atoms with Crippen LogP contribution in [0.1, 0.15) is 50.2 Å². The molecule has 5 N–H and O–H groups in total. The Bertz CT molecular complexity index is 3440. The van der Waals surface area contributed by atoms with Crippen molar-refractivity contribution in [1.29, 1.82) is 0 Å². The summed E-state index contributed by atoms with van der Waals surface area (Å²) in [4.78, 5) is 52.1. The number of nitrogens with one attached hydrogen (secondary N) is 3. The van der Waals surface area contributed by atoms with E-state index < -0.39 is 34.6 Å². The summed E-state index contributed by atoms with van der Waals surface area (Å²) < 4.78 is 73.7. The van der Waals surface area contributed by atoms with E-state index in [1.54, 1.807) is 61.7 Å². The quantitative estimate of drug-likeness (QED) is 0.0628. The van der Waals surface area contributed by atoms with E-state index in [2.05, 4.69) is 16.0 Å². The predicted octanol–water partition coefficient (Wildman–Crippen LogP) is 10.3. The van der Waals surface area contributed by atoms with E-state index in [0.29, 0.717) is 73.4 Å². The molecule has 2 aliphatic heterocycles. The van der Waals surface area contributed by atoms with Crippen molar-refractivity contribution >= 4 is 80.0 Å². The van der Waals surface area contributed by atoms with Crippen LogP contribution in [0, 0.1) is 32.6 Å². The van der Waals surface area contributed by atoms with Crippen LogP contribution in [0.25, 0.3) is 0 Å². The van der Waals surface area contributed by atoms with E-state index in [4.69, 9.17) is 38.9 Å². The Labute approximate surface area is 469 Å². The Kier molecular flexibility index (Phi) is 18.4. The number of rotatable bonds is 17. The topological polar surface area (TPSA) is 205 Å². The van der Waals surface area contributed by atoms with Crippen LogP contribution in [0.5, 0.6) is 40.2 Å². The van der Waals surface area contributed by atoms with Crippen molar-refractivity contribution in [3.05, 3.63) is 176 Å². The number of methoxy groups -OCH3 is 1. The number of amides is 2. The number of nitrogens with zero attached hydrogens (tertiary/aromatic N) is 2. The molecule has 0 bridgehead atoms. The molecule has 2 atom stereocenters. The molecule has 0 unspecified atom stereocenters. The normalized spacial score (nSPS) is 14.7. The van der Waals surface area contributed by atoms with Gasteiger partial charge in [0.05, 0.1) is 44.9 Å². The Morgan fingerprint density at radius 2 is 1.10 bits per heavy atom. The predicted molar refractivity (Wildman–Crippen MR) is 303 cm³/mol. The van der Waals surface area contributed by atoms with Gasteiger partial charge in [-0.1, -0.05) is 24.3 Å². The van der Waals surface area contributed by atoms with Gasteiger partial charge in [0.15, 0.2) is 0 Å². The van der Waals surface area contributed by atoms with Gasteiger partial charge in [-0.15, -0.1) is 0 Å². The van der Waals surface area contributed by atoms with Crippen LogP contribution < -0.4 is 56.5 Å². The highest BCUT2D eigenvalue weighted by atomic mass is 127. The number of benzene rings is 5. The number of aromatic nitrogens is 2. The summed E-state index contributed by atoms with van der Waals surface area (Å²) >= 11 is 4.00. The van der Waals surface area contributed by atoms with Gasteiger partial charge in [-0.3, -0.25) is 28.3 Å². The summed E-state index contributed by atoms with van der Waals surface area (Å²) in [6, 6.07) is 29.4. The lowest BCUT2D eigenvalue weighted by Gasteiger charge is -2.21. The molecular weight excluding hydrogens is 1220 g/mol. The first-order chi connectivity index (χ1) is 37.0. The van der Waals surface area contributed by atoms with Crippen molar-refractivity contribution in [3.63, 3.8) is 0 Å². The van der Waals surface area contributed by atoms with Gasteiger partial charge in [0.2, 0.25) is 0 Å². The molecule has 21 heteroatoms. The molecule has 0 radical (unpaired) electrons. The summed E-state index contributed by atoms with van der Waals surface area (Å²) in [7, 11) is 4.53. The summed E-state index contributed by atoms with van der Waals surface area (Å²) in [5.74, 6) is 0.307. The SMILES string of the molecule is COc1ccc(CNC(=O)c2c(Oc3cccc(O[C@@H]4CCOC4)c3C)cc(=O)n(C)c2Nc2ccc(I)cc2F)cc1.Cc1c(Oc2cc(=O)n(C)c(Nc3ccc(I)cc3F)c2C(N)=O)cccc1O[C@@H]1CCOC1. The van der Waals surface area contributed by atoms with Gasteiger partial charge in [-0.2, -0.15) is 0 Å². The summed E-state index contributed by atoms with van der Waals surface area (Å²) in [6.45, 7) is 6.13. The highest BCUT2D eigenvalue weighted by molar-refractivity contribution is 14.1. The maximum atomic E-state index is 14.9. The molecule has 0 saturated carbocycles. The van der Waals surface area contributed by atoms with Crippen LogP contribution in [-0.4, -0.2) is 66.7 Å². The summed E-state index contributed by atoms with van der Waals surface area (Å²) in [5, 5.41) is 8.69. The zero-order chi connectivity index (χ0) is 54.9. The molecule has 402 valence electrons. The van der Waals surface area contributed by atoms with Crippen molar-refractivity contribution < 1.29 is 51.5 Å². The molecule has 0 aliphatic carbocycles. The lowest BCUT2D eigenvalue weighted by Crippen LogP contribution is -2.29. The maximum Gasteiger partial charge on any atom is 0.259 e. The maximum absolute atomic E-state index is 14.9. The van der Waals surface area contributed by atoms with E-state index in [9.17, 15) is 28.0 Å². The average molecular weight is 1280 g/mol. The van der Waals surface area contributed by atoms with E-state index in [-0.39, 0.29) is 64.4 Å². The molecule has 2 aliphatic rings. The third-order valence-corrected chi connectivity index (χ3v) is 13.9. The third-order valence-electron chi connectivity index (χ3n) is 12.5. The molecule has 7 aromatic rings. The monoisotopic (exact) mass is 1280 g/mol. The van der Waals surface area contributed by atoms with Crippen LogP contribution in [-0.2, 0) is 30.1 Å². The second-order valence-corrected chi connectivity index (χ2v) is 20.3. The number of hydrogen-bond acceptors (Lipinski definition) is 13. The van der Waals surface area contributed by atoms with E-state index in [1.165, 1.54) is 53.6 Å². The van der Waals surface area contributed by atoms with Gasteiger partial charge in [-0.25, -0.2) is 8.78 Å². The first-order valence-corrected chi connectivity index (χ1v) is 26.3. The molecule has 9 rings (SSSR count). The Balaban J connectivity index is 0.000000209. The first kappa shape index (κ1) is 56.0. The van der Waals surface area contributed by atoms with E-state index >= 15 is 0 Å². The molecule has 2 amide bonds. The van der Waals surface area contributed by atoms with Crippen LogP contribution in [0.4, 0.5) is 31.8 Å². The number of anilines is 4. The van der Waals surface area contributed by atoms with Crippen LogP contribution in [0.15, 0.2) is 119 Å². The summed E-state index contributed by atoms with van der Waals surface area (Å²) in [6.07, 6.45) is 1.44. The van der Waals surface area contributed by atoms with Crippen molar-refractivity contribution in [3.8, 4) is 40.2 Å². The molecule has 4 heterocycles. The van der Waals surface area contributed by atoms with Crippen molar-refractivity contribution in [1.82, 2.24) is 14.5 Å². The van der Waals surface area contributed by atoms with E-state index in [1.807, 2.05) is 83.3 Å². The molecule has 0 spiro atoms. The number of carbonyl (C=O) groups excluding carboxylic acids is 2. The minimum Gasteiger partial charge on any atom is -0.497 e. The lowest BCUT2D eigenvalue weighted by atomic mass is 10.1. The zero-order valence-corrected chi connectivity index (χ0v) is 46.8. The molecular formula is C56H54F2I2N6O11. The highest BCUT2D eigenvalue weighted by Gasteiger charge is 2.27. The number of hydrogen-bond donors (Lipinski definition) is 4.